The molecule has 0 saturated carbocycles. The van der Waals surface area contributed by atoms with E-state index < -0.39 is 0 Å². The summed E-state index contributed by atoms with van der Waals surface area (Å²) in [6, 6.07) is 7.38. The maximum Gasteiger partial charge on any atom is 0.119 e. The van der Waals surface area contributed by atoms with Crippen molar-refractivity contribution in [2.75, 3.05) is 33.9 Å². The normalized spacial score (nSPS) is 29.4. The van der Waals surface area contributed by atoms with Crippen LogP contribution in [0.5, 0.6) is 5.75 Å². The fraction of sp³-hybridized carbons (Fsp3) is 0.647. The molecule has 1 aromatic carbocycles. The van der Waals surface area contributed by atoms with Crippen LogP contribution in [0.25, 0.3) is 0 Å². The zero-order valence-corrected chi connectivity index (χ0v) is 13.3. The number of likely N-dealkylation sites (N-methyl/N-ethyl adjacent to an activating group) is 1. The zero-order valence-electron chi connectivity index (χ0n) is 13.3. The highest BCUT2D eigenvalue weighted by Gasteiger charge is 2.37. The summed E-state index contributed by atoms with van der Waals surface area (Å²) in [5.41, 5.74) is 2.83. The lowest BCUT2D eigenvalue weighted by Gasteiger charge is -2.39. The Morgan fingerprint density at radius 2 is 2.29 bits per heavy atom. The van der Waals surface area contributed by atoms with Gasteiger partial charge in [0, 0.05) is 25.2 Å². The molecule has 116 valence electrons. The van der Waals surface area contributed by atoms with E-state index >= 15 is 0 Å². The second-order valence-electron chi connectivity index (χ2n) is 6.00. The van der Waals surface area contributed by atoms with E-state index in [0.29, 0.717) is 18.2 Å². The molecule has 1 aliphatic carbocycles. The summed E-state index contributed by atoms with van der Waals surface area (Å²) in [4.78, 5) is 2.60. The van der Waals surface area contributed by atoms with Crippen molar-refractivity contribution in [3.8, 4) is 5.75 Å². The van der Waals surface area contributed by atoms with Gasteiger partial charge >= 0.3 is 0 Å². The number of methoxy groups -OCH3 is 1. The summed E-state index contributed by atoms with van der Waals surface area (Å²) in [6.45, 7) is 5.14. The number of nitrogens with one attached hydrogen (secondary N) is 1. The van der Waals surface area contributed by atoms with Crippen molar-refractivity contribution < 1.29 is 9.47 Å². The van der Waals surface area contributed by atoms with E-state index in [1.807, 2.05) is 0 Å². The number of hydrogen-bond donors (Lipinski definition) is 1. The van der Waals surface area contributed by atoms with Crippen LogP contribution in [-0.2, 0) is 11.2 Å². The van der Waals surface area contributed by atoms with Crippen molar-refractivity contribution in [3.63, 3.8) is 0 Å². The van der Waals surface area contributed by atoms with Gasteiger partial charge in [-0.3, -0.25) is 4.90 Å². The number of ether oxygens (including phenoxy) is 2. The summed E-state index contributed by atoms with van der Waals surface area (Å²) in [6.07, 6.45) is 2.59. The first-order valence-corrected chi connectivity index (χ1v) is 7.96. The smallest absolute Gasteiger partial charge is 0.119 e. The van der Waals surface area contributed by atoms with Crippen LogP contribution >= 0.6 is 0 Å². The first-order valence-electron chi connectivity index (χ1n) is 7.96. The number of nitrogens with zero attached hydrogens (tertiary/aromatic N) is 1. The lowest BCUT2D eigenvalue weighted by molar-refractivity contribution is -0.0476. The molecule has 4 heteroatoms. The maximum absolute atomic E-state index is 5.82. The number of fused-ring (bicyclic) bond motifs is 1. The fourth-order valence-electron chi connectivity index (χ4n) is 3.70. The number of hydrogen-bond acceptors (Lipinski definition) is 4. The highest BCUT2D eigenvalue weighted by atomic mass is 16.5. The van der Waals surface area contributed by atoms with Crippen molar-refractivity contribution in [2.45, 2.75) is 38.0 Å². The van der Waals surface area contributed by atoms with E-state index in [1.165, 1.54) is 11.1 Å². The van der Waals surface area contributed by atoms with E-state index in [9.17, 15) is 0 Å². The van der Waals surface area contributed by atoms with Crippen LogP contribution in [0.3, 0.4) is 0 Å². The molecule has 3 unspecified atom stereocenters. The van der Waals surface area contributed by atoms with Gasteiger partial charge in [0.15, 0.2) is 0 Å². The van der Waals surface area contributed by atoms with Gasteiger partial charge in [-0.2, -0.15) is 0 Å². The highest BCUT2D eigenvalue weighted by molar-refractivity contribution is 5.42. The van der Waals surface area contributed by atoms with Crippen LogP contribution < -0.4 is 10.1 Å². The van der Waals surface area contributed by atoms with Crippen molar-refractivity contribution in [2.24, 2.45) is 0 Å². The molecule has 1 heterocycles. The third-order valence-corrected chi connectivity index (χ3v) is 4.91. The molecule has 2 aliphatic rings. The largest absolute Gasteiger partial charge is 0.497 e. The first-order chi connectivity index (χ1) is 10.3. The molecule has 0 aromatic heterocycles. The minimum Gasteiger partial charge on any atom is -0.497 e. The van der Waals surface area contributed by atoms with Gasteiger partial charge in [0.1, 0.15) is 5.75 Å². The molecule has 4 nitrogen and oxygen atoms in total. The Labute approximate surface area is 127 Å². The summed E-state index contributed by atoms with van der Waals surface area (Å²) in [5, 5.41) is 3.51. The zero-order chi connectivity index (χ0) is 14.8. The summed E-state index contributed by atoms with van der Waals surface area (Å²) < 4.78 is 11.2. The van der Waals surface area contributed by atoms with Gasteiger partial charge in [-0.25, -0.2) is 0 Å². The van der Waals surface area contributed by atoms with E-state index in [1.54, 1.807) is 7.11 Å². The molecule has 0 bridgehead atoms. The minimum absolute atomic E-state index is 0.380. The topological polar surface area (TPSA) is 33.7 Å². The average Bonchev–Trinajstić information content (AvgIpc) is 2.92. The monoisotopic (exact) mass is 290 g/mol. The second kappa shape index (κ2) is 6.34. The van der Waals surface area contributed by atoms with Crippen molar-refractivity contribution in [1.29, 1.82) is 0 Å². The van der Waals surface area contributed by atoms with E-state index in [0.717, 1.165) is 38.3 Å². The molecule has 0 spiro atoms. The van der Waals surface area contributed by atoms with Gasteiger partial charge in [0.2, 0.25) is 0 Å². The molecular formula is C17H26N2O2. The van der Waals surface area contributed by atoms with E-state index in [2.05, 4.69) is 42.4 Å². The predicted octanol–water partition coefficient (Wildman–Crippen LogP) is 1.99. The van der Waals surface area contributed by atoms with Crippen LogP contribution in [0.1, 0.15) is 30.5 Å². The third kappa shape index (κ3) is 2.80. The molecule has 0 radical (unpaired) electrons. The summed E-state index contributed by atoms with van der Waals surface area (Å²) in [5.74, 6) is 0.947. The molecule has 1 aliphatic heterocycles. The van der Waals surface area contributed by atoms with Crippen molar-refractivity contribution in [1.82, 2.24) is 10.2 Å². The Balaban J connectivity index is 1.81. The van der Waals surface area contributed by atoms with Crippen LogP contribution in [0.15, 0.2) is 18.2 Å². The van der Waals surface area contributed by atoms with Crippen molar-refractivity contribution in [3.05, 3.63) is 29.3 Å². The molecule has 0 amide bonds. The van der Waals surface area contributed by atoms with Crippen LogP contribution in [0.2, 0.25) is 0 Å². The Kier molecular flexibility index (Phi) is 4.48. The SMILES string of the molecule is CCC1CN(C2Cc3ccc(OC)cc3C2NC)CCO1. The Hall–Kier alpha value is -1.10. The Morgan fingerprint density at radius 1 is 1.43 bits per heavy atom. The molecule has 1 fully saturated rings. The molecule has 3 atom stereocenters. The van der Waals surface area contributed by atoms with Gasteiger partial charge in [0.25, 0.3) is 0 Å². The van der Waals surface area contributed by atoms with Gasteiger partial charge < -0.3 is 14.8 Å². The van der Waals surface area contributed by atoms with Crippen LogP contribution in [0.4, 0.5) is 0 Å². The Morgan fingerprint density at radius 3 is 3.00 bits per heavy atom. The lowest BCUT2D eigenvalue weighted by Crippen LogP contribution is -2.50. The van der Waals surface area contributed by atoms with Gasteiger partial charge in [0.05, 0.1) is 19.8 Å². The molecule has 3 rings (SSSR count). The maximum atomic E-state index is 5.82. The molecule has 1 N–H and O–H groups in total. The van der Waals surface area contributed by atoms with E-state index in [4.69, 9.17) is 9.47 Å². The average molecular weight is 290 g/mol. The Bertz CT molecular complexity index is 492. The lowest BCUT2D eigenvalue weighted by atomic mass is 10.0. The van der Waals surface area contributed by atoms with Crippen LogP contribution in [0, 0.1) is 0 Å². The van der Waals surface area contributed by atoms with Crippen LogP contribution in [-0.4, -0.2) is 50.9 Å². The fourth-order valence-corrected chi connectivity index (χ4v) is 3.70. The third-order valence-electron chi connectivity index (χ3n) is 4.91. The van der Waals surface area contributed by atoms with Crippen molar-refractivity contribution >= 4 is 0 Å². The van der Waals surface area contributed by atoms with E-state index in [-0.39, 0.29) is 0 Å². The minimum atomic E-state index is 0.380. The standard InChI is InChI=1S/C17H26N2O2/c1-4-13-11-19(7-8-21-13)16-9-12-5-6-14(20-3)10-15(12)17(16)18-2/h5-6,10,13,16-18H,4,7-9,11H2,1-3H3. The molecule has 1 aromatic rings. The summed E-state index contributed by atoms with van der Waals surface area (Å²) >= 11 is 0. The number of benzene rings is 1. The molecular weight excluding hydrogens is 264 g/mol. The number of morpholine rings is 1. The van der Waals surface area contributed by atoms with Gasteiger partial charge in [-0.1, -0.05) is 13.0 Å². The second-order valence-corrected chi connectivity index (χ2v) is 6.00. The number of rotatable bonds is 4. The first kappa shape index (κ1) is 14.8. The molecule has 1 saturated heterocycles. The quantitative estimate of drug-likeness (QED) is 0.919. The predicted molar refractivity (Wildman–Crippen MR) is 83.9 cm³/mol. The highest BCUT2D eigenvalue weighted by Crippen LogP contribution is 2.37. The molecule has 21 heavy (non-hydrogen) atoms. The summed E-state index contributed by atoms with van der Waals surface area (Å²) in [7, 11) is 3.79. The van der Waals surface area contributed by atoms with Gasteiger partial charge in [-0.15, -0.1) is 0 Å². The van der Waals surface area contributed by atoms with Gasteiger partial charge in [-0.05, 0) is 43.1 Å².